The topological polar surface area (TPSA) is 133 Å². The van der Waals surface area contributed by atoms with Crippen molar-refractivity contribution >= 4 is 24.3 Å². The van der Waals surface area contributed by atoms with Crippen LogP contribution in [-0.4, -0.2) is 86.3 Å². The molecule has 0 radical (unpaired) electrons. The molecule has 0 saturated carbocycles. The van der Waals surface area contributed by atoms with E-state index in [2.05, 4.69) is 95.4 Å². The Bertz CT molecular complexity index is 1200. The molecule has 1 fully saturated rings. The van der Waals surface area contributed by atoms with Gasteiger partial charge in [0.1, 0.15) is 6.67 Å². The molecular weight excluding hydrogens is 626 g/mol. The molecule has 3 heterocycles. The number of alkyl halides is 2. The first kappa shape index (κ1) is 49.3. The molecule has 0 aromatic carbocycles. The molecule has 0 spiro atoms. The lowest BCUT2D eigenvalue weighted by Gasteiger charge is -2.17. The van der Waals surface area contributed by atoms with Crippen LogP contribution in [0.1, 0.15) is 71.8 Å². The van der Waals surface area contributed by atoms with Gasteiger partial charge in [-0.25, -0.2) is 14.2 Å². The fourth-order valence-electron chi connectivity index (χ4n) is 4.59. The summed E-state index contributed by atoms with van der Waals surface area (Å²) in [5.41, 5.74) is 6.20. The Hall–Kier alpha value is -4.08. The maximum absolute atomic E-state index is 12.8. The van der Waals surface area contributed by atoms with E-state index in [1.807, 2.05) is 22.8 Å². The van der Waals surface area contributed by atoms with Gasteiger partial charge in [-0.05, 0) is 96.7 Å². The van der Waals surface area contributed by atoms with Gasteiger partial charge in [-0.15, -0.1) is 18.9 Å². The number of carbonyl (C=O) groups excluding carboxylic acids is 1. The van der Waals surface area contributed by atoms with E-state index in [0.29, 0.717) is 30.7 Å². The number of terminal acetylenes is 1. The smallest absolute Gasteiger partial charge is 0.327 e. The minimum absolute atomic E-state index is 0.0294. The predicted octanol–water partition coefficient (Wildman–Crippen LogP) is 6.21. The van der Waals surface area contributed by atoms with Crippen LogP contribution in [0.3, 0.4) is 0 Å². The number of aromatic nitrogens is 3. The Balaban J connectivity index is -0.000000628. The summed E-state index contributed by atoms with van der Waals surface area (Å²) in [7, 11) is 3.70. The van der Waals surface area contributed by atoms with Crippen LogP contribution < -0.4 is 22.1 Å². The predicted molar refractivity (Wildman–Crippen MR) is 205 cm³/mol. The molecule has 3 unspecified atom stereocenters. The first-order chi connectivity index (χ1) is 23.7. The molecule has 10 nitrogen and oxygen atoms in total. The molecule has 2 aromatic heterocycles. The summed E-state index contributed by atoms with van der Waals surface area (Å²) in [6.07, 6.45) is 21.1. The highest BCUT2D eigenvalue weighted by atomic mass is 19.1. The molecule has 0 bridgehead atoms. The van der Waals surface area contributed by atoms with Gasteiger partial charge >= 0.3 is 5.69 Å². The lowest BCUT2D eigenvalue weighted by molar-refractivity contribution is -0.109. The van der Waals surface area contributed by atoms with Gasteiger partial charge in [0.15, 0.2) is 5.65 Å². The molecule has 1 saturated heterocycles. The number of allylic oxidation sites excluding steroid dienone is 3. The number of nitrogens with two attached hydrogens (primary N) is 1. The van der Waals surface area contributed by atoms with Gasteiger partial charge in [-0.2, -0.15) is 0 Å². The number of unbranched alkanes of at least 4 members (excludes halogenated alkanes) is 1. The van der Waals surface area contributed by atoms with Crippen LogP contribution in [0.25, 0.3) is 11.2 Å². The summed E-state index contributed by atoms with van der Waals surface area (Å²) >= 11 is 0. The number of fused-ring (bicyclic) bond motifs is 1. The second-order valence-corrected chi connectivity index (χ2v) is 10.9. The maximum atomic E-state index is 12.8. The number of nitrogens with one attached hydrogen (secondary N) is 3. The van der Waals surface area contributed by atoms with Gasteiger partial charge in [0.25, 0.3) is 0 Å². The normalized spacial score (nSPS) is 14.7. The van der Waals surface area contributed by atoms with E-state index in [4.69, 9.17) is 4.79 Å². The summed E-state index contributed by atoms with van der Waals surface area (Å²) in [5, 5.41) is 5.42. The summed E-state index contributed by atoms with van der Waals surface area (Å²) in [6.45, 7) is 18.6. The number of rotatable bonds is 14. The fourth-order valence-corrected chi connectivity index (χ4v) is 4.59. The van der Waals surface area contributed by atoms with Crippen LogP contribution in [-0.2, 0) is 4.79 Å². The van der Waals surface area contributed by atoms with E-state index < -0.39 is 6.67 Å². The third-order valence-electron chi connectivity index (χ3n) is 7.02. The second-order valence-electron chi connectivity index (χ2n) is 10.9. The highest BCUT2D eigenvalue weighted by molar-refractivity contribution is 5.70. The number of hydrogen-bond donors (Lipinski definition) is 4. The number of hydrogen-bond acceptors (Lipinski definition) is 7. The van der Waals surface area contributed by atoms with Crippen molar-refractivity contribution in [1.82, 2.24) is 30.1 Å². The van der Waals surface area contributed by atoms with Crippen molar-refractivity contribution in [3.63, 3.8) is 0 Å². The number of aliphatic imine (C=N–C) groups is 1. The van der Waals surface area contributed by atoms with Crippen molar-refractivity contribution in [3.05, 3.63) is 66.4 Å². The van der Waals surface area contributed by atoms with E-state index in [-0.39, 0.29) is 18.3 Å². The fraction of sp³-hybridized carbons (Fsp3) is 0.568. The first-order valence-electron chi connectivity index (χ1n) is 16.7. The van der Waals surface area contributed by atoms with Crippen molar-refractivity contribution in [2.45, 2.75) is 71.8 Å². The molecule has 3 atom stereocenters. The van der Waals surface area contributed by atoms with E-state index in [0.717, 1.165) is 70.1 Å². The van der Waals surface area contributed by atoms with Gasteiger partial charge in [0.05, 0.1) is 18.9 Å². The van der Waals surface area contributed by atoms with Crippen LogP contribution in [0.5, 0.6) is 0 Å². The number of likely N-dealkylation sites (tertiary alicyclic amines) is 1. The van der Waals surface area contributed by atoms with Crippen LogP contribution in [0.15, 0.2) is 65.7 Å². The number of nitrogens with zero attached hydrogens (tertiary/aromatic N) is 4. The molecule has 0 aliphatic carbocycles. The maximum Gasteiger partial charge on any atom is 0.327 e. The highest BCUT2D eigenvalue weighted by Crippen LogP contribution is 2.24. The van der Waals surface area contributed by atoms with Crippen molar-refractivity contribution in [2.75, 3.05) is 53.7 Å². The summed E-state index contributed by atoms with van der Waals surface area (Å²) in [5.74, 6) is 2.78. The molecule has 1 amide bonds. The quantitative estimate of drug-likeness (QED) is 0.0613. The van der Waals surface area contributed by atoms with Gasteiger partial charge in [0, 0.05) is 25.2 Å². The first-order valence-corrected chi connectivity index (χ1v) is 16.7. The van der Waals surface area contributed by atoms with Crippen LogP contribution in [0.2, 0.25) is 0 Å². The molecule has 12 heteroatoms. The number of aromatic amines is 1. The van der Waals surface area contributed by atoms with Gasteiger partial charge in [-0.1, -0.05) is 51.5 Å². The van der Waals surface area contributed by atoms with Crippen LogP contribution in [0, 0.1) is 24.2 Å². The number of pyridine rings is 1. The van der Waals surface area contributed by atoms with Crippen LogP contribution in [0.4, 0.5) is 8.78 Å². The average Bonchev–Trinajstić information content (AvgIpc) is 3.29. The molecular formula is C37H64F2N8O2. The third-order valence-corrected chi connectivity index (χ3v) is 7.02. The highest BCUT2D eigenvalue weighted by Gasteiger charge is 2.20. The molecule has 2 aromatic rings. The number of carbonyl (C=O) groups is 1. The summed E-state index contributed by atoms with van der Waals surface area (Å²) in [4.78, 5) is 34.3. The molecule has 5 N–H and O–H groups in total. The molecule has 1 aliphatic heterocycles. The second kappa shape index (κ2) is 36.8. The largest absolute Gasteiger partial charge is 0.405 e. The van der Waals surface area contributed by atoms with E-state index in [1.165, 1.54) is 12.3 Å². The summed E-state index contributed by atoms with van der Waals surface area (Å²) < 4.78 is 25.3. The minimum atomic E-state index is -0.417. The van der Waals surface area contributed by atoms with Crippen molar-refractivity contribution in [1.29, 1.82) is 0 Å². The minimum Gasteiger partial charge on any atom is -0.405 e. The standard InChI is InChI=1S/C14H27FN2.C13H18N4O.C3H5F.C3H4.C2H5NO.C2H5N/c1-4-5-9-14(11-15)13(2)8-6-7-10-17-12-16-3;1-16-8-3-4-10(6-9-16)17-11-5-2-7-14-12(11)15-13(17)18;1-2-3-4;1-3-2;1-3-2-4;1-2-3/h5,9,13-14,17H,3-4,6-8,10-12H2,1-2H3;2,5,7,10H,3-4,6,8-9H2,1H3,(H,14,15,18);2H,1,3H2;1H,2H3;2H,1H3,(H,3,4);2H,1,3H2. The van der Waals surface area contributed by atoms with Gasteiger partial charge in [-0.3, -0.25) is 29.0 Å². The van der Waals surface area contributed by atoms with Crippen molar-refractivity contribution in [3.8, 4) is 12.3 Å². The Kier molecular flexibility index (Phi) is 37.0. The Morgan fingerprint density at radius 1 is 1.29 bits per heavy atom. The zero-order valence-corrected chi connectivity index (χ0v) is 30.7. The zero-order chi connectivity index (χ0) is 37.7. The molecule has 49 heavy (non-hydrogen) atoms. The lowest BCUT2D eigenvalue weighted by Crippen LogP contribution is -2.24. The monoisotopic (exact) mass is 691 g/mol. The number of H-pyrrole nitrogens is 1. The lowest BCUT2D eigenvalue weighted by atomic mass is 9.90. The van der Waals surface area contributed by atoms with Crippen molar-refractivity contribution < 1.29 is 13.6 Å². The SMILES string of the molecule is C#CC.C=CCF.C=CN.C=NCNCCCCC(C)C(C=CCC)CF.CN1CCCC(n2c(=O)[nH]c3ncccc32)CC1.CNC=O. The van der Waals surface area contributed by atoms with Gasteiger partial charge in [0.2, 0.25) is 6.41 Å². The zero-order valence-electron chi connectivity index (χ0n) is 30.7. The van der Waals surface area contributed by atoms with Gasteiger partial charge < -0.3 is 16.0 Å². The number of imidazole rings is 1. The molecule has 1 aliphatic rings. The average molecular weight is 691 g/mol. The van der Waals surface area contributed by atoms with E-state index in [1.54, 1.807) is 20.2 Å². The third kappa shape index (κ3) is 26.5. The van der Waals surface area contributed by atoms with Crippen molar-refractivity contribution in [2.24, 2.45) is 22.6 Å². The van der Waals surface area contributed by atoms with E-state index in [9.17, 15) is 13.6 Å². The number of halogens is 2. The summed E-state index contributed by atoms with van der Waals surface area (Å²) in [6, 6.07) is 4.14. The molecule has 278 valence electrons. The molecule has 3 rings (SSSR count). The Labute approximate surface area is 294 Å². The Morgan fingerprint density at radius 3 is 2.45 bits per heavy atom. The van der Waals surface area contributed by atoms with Crippen LogP contribution >= 0.6 is 0 Å². The van der Waals surface area contributed by atoms with E-state index >= 15 is 0 Å². The number of amides is 1. The Morgan fingerprint density at radius 2 is 1.92 bits per heavy atom.